The van der Waals surface area contributed by atoms with E-state index in [1.54, 1.807) is 24.3 Å². The van der Waals surface area contributed by atoms with Crippen LogP contribution in [0.3, 0.4) is 0 Å². The van der Waals surface area contributed by atoms with Crippen molar-refractivity contribution in [1.82, 2.24) is 0 Å². The van der Waals surface area contributed by atoms with Gasteiger partial charge in [0.15, 0.2) is 14.7 Å². The quantitative estimate of drug-likeness (QED) is 0.158. The van der Waals surface area contributed by atoms with Crippen molar-refractivity contribution in [1.29, 1.82) is 0 Å². The minimum absolute atomic E-state index is 0.393. The van der Waals surface area contributed by atoms with E-state index in [2.05, 4.69) is 25.3 Å². The number of carbonyl (C=O) groups excluding carboxylic acids is 2. The highest BCUT2D eigenvalue weighted by atomic mass is 32.2. The first kappa shape index (κ1) is 24.1. The molecule has 0 N–H and O–H groups in total. The highest BCUT2D eigenvalue weighted by Crippen LogP contribution is 2.33. The Balaban J connectivity index is 1.87. The fraction of sp³-hybridized carbons (Fsp3) is 0.143. The van der Waals surface area contributed by atoms with Crippen LogP contribution >= 0.6 is 0 Å². The van der Waals surface area contributed by atoms with Crippen LogP contribution < -0.4 is 9.47 Å². The smallest absolute Gasteiger partial charge is 0.338 e. The van der Waals surface area contributed by atoms with Crippen LogP contribution in [0.4, 0.5) is 0 Å². The van der Waals surface area contributed by atoms with Crippen molar-refractivity contribution < 1.29 is 19.1 Å². The van der Waals surface area contributed by atoms with Crippen molar-refractivity contribution in [2.24, 2.45) is 0 Å². The van der Waals surface area contributed by atoms with Crippen LogP contribution in [0.25, 0.3) is 0 Å². The van der Waals surface area contributed by atoms with Crippen LogP contribution in [0.1, 0.15) is 26.7 Å². The molecule has 0 spiro atoms. The standard InChI is InChI=1S/C28H27O4S/c1-5-20(3)27(29)31-22-12-16-25(17-13-22)33(24-10-8-7-9-11-24)26-18-14-23(15-19-26)32-28(30)21(4)6-2/h7-19H,3-6H2,1-2H3/q+1. The maximum absolute atomic E-state index is 12.0. The van der Waals surface area contributed by atoms with Crippen molar-refractivity contribution in [3.05, 3.63) is 103 Å². The predicted molar refractivity (Wildman–Crippen MR) is 132 cm³/mol. The second kappa shape index (κ2) is 11.3. The SMILES string of the molecule is C=C(CC)C(=O)Oc1ccc([S+](c2ccccc2)c2ccc(OC(=O)C(=C)CC)cc2)cc1. The average molecular weight is 460 g/mol. The van der Waals surface area contributed by atoms with Crippen LogP contribution in [0.2, 0.25) is 0 Å². The number of esters is 2. The number of rotatable bonds is 9. The molecule has 0 heterocycles. The number of benzene rings is 3. The topological polar surface area (TPSA) is 52.6 Å². The summed E-state index contributed by atoms with van der Waals surface area (Å²) in [6.45, 7) is 11.2. The average Bonchev–Trinajstić information content (AvgIpc) is 2.85. The molecule has 3 aromatic rings. The second-order valence-electron chi connectivity index (χ2n) is 7.26. The number of ether oxygens (including phenoxy) is 2. The molecular weight excluding hydrogens is 432 g/mol. The lowest BCUT2D eigenvalue weighted by Gasteiger charge is -2.10. The first-order chi connectivity index (χ1) is 15.9. The molecule has 0 aliphatic rings. The third-order valence-electron chi connectivity index (χ3n) is 4.95. The molecule has 0 aliphatic heterocycles. The summed E-state index contributed by atoms with van der Waals surface area (Å²) in [6.07, 6.45) is 1.10. The summed E-state index contributed by atoms with van der Waals surface area (Å²) in [4.78, 5) is 27.3. The Morgan fingerprint density at radius 1 is 0.636 bits per heavy atom. The van der Waals surface area contributed by atoms with E-state index in [9.17, 15) is 9.59 Å². The Morgan fingerprint density at radius 3 is 1.36 bits per heavy atom. The summed E-state index contributed by atoms with van der Waals surface area (Å²) in [6, 6.07) is 25.2. The Labute approximate surface area is 197 Å². The van der Waals surface area contributed by atoms with Gasteiger partial charge in [-0.05, 0) is 73.5 Å². The molecule has 0 unspecified atom stereocenters. The summed E-state index contributed by atoms with van der Waals surface area (Å²) >= 11 is 0. The molecule has 168 valence electrons. The van der Waals surface area contributed by atoms with Gasteiger partial charge >= 0.3 is 11.9 Å². The molecule has 3 aromatic carbocycles. The van der Waals surface area contributed by atoms with E-state index in [0.717, 1.165) is 14.7 Å². The van der Waals surface area contributed by atoms with Gasteiger partial charge in [0, 0.05) is 11.1 Å². The molecule has 0 saturated carbocycles. The van der Waals surface area contributed by atoms with Gasteiger partial charge in [-0.15, -0.1) is 0 Å². The molecule has 0 aromatic heterocycles. The van der Waals surface area contributed by atoms with Gasteiger partial charge in [-0.25, -0.2) is 9.59 Å². The number of hydrogen-bond donors (Lipinski definition) is 0. The van der Waals surface area contributed by atoms with E-state index in [4.69, 9.17) is 9.47 Å². The predicted octanol–water partition coefficient (Wildman–Crippen LogP) is 6.53. The number of carbonyl (C=O) groups is 2. The van der Waals surface area contributed by atoms with Gasteiger partial charge in [0.1, 0.15) is 11.5 Å². The van der Waals surface area contributed by atoms with Gasteiger partial charge in [0.2, 0.25) is 0 Å². The molecule has 4 nitrogen and oxygen atoms in total. The summed E-state index contributed by atoms with van der Waals surface area (Å²) in [5.74, 6) is 0.133. The first-order valence-corrected chi connectivity index (χ1v) is 11.9. The maximum Gasteiger partial charge on any atom is 0.338 e. The summed E-state index contributed by atoms with van der Waals surface area (Å²) in [5, 5.41) is 0. The maximum atomic E-state index is 12.0. The summed E-state index contributed by atoms with van der Waals surface area (Å²) in [7, 11) is -0.393. The van der Waals surface area contributed by atoms with Gasteiger partial charge in [0.25, 0.3) is 0 Å². The molecular formula is C28H27O4S+. The van der Waals surface area contributed by atoms with Crippen LogP contribution in [0.15, 0.2) is 118 Å². The lowest BCUT2D eigenvalue weighted by atomic mass is 10.2. The lowest BCUT2D eigenvalue weighted by molar-refractivity contribution is -0.131. The molecule has 3 rings (SSSR count). The molecule has 0 aliphatic carbocycles. The summed E-state index contributed by atoms with van der Waals surface area (Å²) in [5.41, 5.74) is 0.873. The highest BCUT2D eigenvalue weighted by molar-refractivity contribution is 7.97. The van der Waals surface area contributed by atoms with Crippen LogP contribution in [0.5, 0.6) is 11.5 Å². The van der Waals surface area contributed by atoms with Crippen molar-refractivity contribution in [2.75, 3.05) is 0 Å². The van der Waals surface area contributed by atoms with Gasteiger partial charge < -0.3 is 9.47 Å². The van der Waals surface area contributed by atoms with Crippen molar-refractivity contribution in [3.8, 4) is 11.5 Å². The molecule has 0 fully saturated rings. The zero-order valence-electron chi connectivity index (χ0n) is 18.9. The molecule has 0 radical (unpaired) electrons. The van der Waals surface area contributed by atoms with Gasteiger partial charge in [-0.1, -0.05) is 45.2 Å². The van der Waals surface area contributed by atoms with Crippen molar-refractivity contribution >= 4 is 22.8 Å². The Hall–Kier alpha value is -3.57. The first-order valence-electron chi connectivity index (χ1n) is 10.7. The molecule has 5 heteroatoms. The van der Waals surface area contributed by atoms with Crippen LogP contribution in [-0.4, -0.2) is 11.9 Å². The molecule has 33 heavy (non-hydrogen) atoms. The Bertz CT molecular complexity index is 1060. The van der Waals surface area contributed by atoms with E-state index >= 15 is 0 Å². The monoisotopic (exact) mass is 459 g/mol. The van der Waals surface area contributed by atoms with Gasteiger partial charge in [0.05, 0.1) is 10.9 Å². The fourth-order valence-corrected chi connectivity index (χ4v) is 4.96. The molecule has 0 amide bonds. The third kappa shape index (κ3) is 6.24. The van der Waals surface area contributed by atoms with Crippen molar-refractivity contribution in [2.45, 2.75) is 41.4 Å². The van der Waals surface area contributed by atoms with E-state index < -0.39 is 22.8 Å². The second-order valence-corrected chi connectivity index (χ2v) is 9.28. The van der Waals surface area contributed by atoms with Crippen molar-refractivity contribution in [3.63, 3.8) is 0 Å². The van der Waals surface area contributed by atoms with E-state index in [0.29, 0.717) is 35.5 Å². The van der Waals surface area contributed by atoms with Gasteiger partial charge in [-0.2, -0.15) is 0 Å². The third-order valence-corrected chi connectivity index (χ3v) is 7.18. The minimum Gasteiger partial charge on any atom is -0.423 e. The van der Waals surface area contributed by atoms with Crippen LogP contribution in [0, 0.1) is 0 Å². The normalized spacial score (nSPS) is 10.5. The largest absolute Gasteiger partial charge is 0.423 e. The zero-order chi connectivity index (χ0) is 23.8. The molecule has 0 bridgehead atoms. The Morgan fingerprint density at radius 2 is 1.00 bits per heavy atom. The minimum atomic E-state index is -0.414. The fourth-order valence-electron chi connectivity index (χ4n) is 2.90. The van der Waals surface area contributed by atoms with E-state index in [-0.39, 0.29) is 0 Å². The van der Waals surface area contributed by atoms with E-state index in [1.165, 1.54) is 0 Å². The lowest BCUT2D eigenvalue weighted by Crippen LogP contribution is -2.10. The Kier molecular flexibility index (Phi) is 8.28. The summed E-state index contributed by atoms with van der Waals surface area (Å²) < 4.78 is 10.8. The van der Waals surface area contributed by atoms with Gasteiger partial charge in [-0.3, -0.25) is 0 Å². The molecule has 0 saturated heterocycles. The van der Waals surface area contributed by atoms with E-state index in [1.807, 2.05) is 56.3 Å². The highest BCUT2D eigenvalue weighted by Gasteiger charge is 2.29. The number of hydrogen-bond acceptors (Lipinski definition) is 4. The van der Waals surface area contributed by atoms with Crippen LogP contribution in [-0.2, 0) is 20.5 Å². The molecule has 0 atom stereocenters. The zero-order valence-corrected chi connectivity index (χ0v) is 19.7.